The summed E-state index contributed by atoms with van der Waals surface area (Å²) in [6.07, 6.45) is 2.19. The van der Waals surface area contributed by atoms with Gasteiger partial charge >= 0.3 is 6.09 Å². The van der Waals surface area contributed by atoms with Crippen molar-refractivity contribution in [2.45, 2.75) is 38.7 Å². The van der Waals surface area contributed by atoms with Gasteiger partial charge in [-0.3, -0.25) is 9.48 Å². The molecule has 1 aromatic rings. The van der Waals surface area contributed by atoms with E-state index in [0.717, 1.165) is 25.0 Å². The molecule has 0 saturated carbocycles. The third-order valence-electron chi connectivity index (χ3n) is 4.73. The lowest BCUT2D eigenvalue weighted by atomic mass is 9.92. The lowest BCUT2D eigenvalue weighted by molar-refractivity contribution is -0.00558. The van der Waals surface area contributed by atoms with Crippen molar-refractivity contribution < 1.29 is 14.3 Å². The molecule has 2 saturated heterocycles. The third kappa shape index (κ3) is 3.12. The maximum Gasteiger partial charge on any atom is 0.410 e. The summed E-state index contributed by atoms with van der Waals surface area (Å²) in [5.41, 5.74) is 0.981. The number of aryl methyl sites for hydroxylation is 1. The molecule has 24 heavy (non-hydrogen) atoms. The Morgan fingerprint density at radius 1 is 1.38 bits per heavy atom. The maximum absolute atomic E-state index is 12.9. The van der Waals surface area contributed by atoms with Crippen LogP contribution in [0.5, 0.6) is 0 Å². The Morgan fingerprint density at radius 2 is 2.12 bits per heavy atom. The van der Waals surface area contributed by atoms with Gasteiger partial charge in [-0.15, -0.1) is 0 Å². The van der Waals surface area contributed by atoms with E-state index < -0.39 is 5.60 Å². The number of ether oxygens (including phenoxy) is 1. The fourth-order valence-electron chi connectivity index (χ4n) is 3.68. The maximum atomic E-state index is 12.9. The van der Waals surface area contributed by atoms with Crippen molar-refractivity contribution in [3.63, 3.8) is 0 Å². The number of piperidine rings is 1. The highest BCUT2D eigenvalue weighted by Crippen LogP contribution is 2.32. The normalized spacial score (nSPS) is 24.1. The Hall–Kier alpha value is -2.05. The van der Waals surface area contributed by atoms with E-state index in [2.05, 4.69) is 18.9 Å². The van der Waals surface area contributed by atoms with Crippen molar-refractivity contribution in [3.05, 3.63) is 17.5 Å². The molecule has 7 heteroatoms. The fourth-order valence-corrected chi connectivity index (χ4v) is 3.68. The molecule has 132 valence electrons. The van der Waals surface area contributed by atoms with Crippen LogP contribution in [0, 0.1) is 5.92 Å². The number of hydrogen-bond acceptors (Lipinski definition) is 4. The molecule has 0 radical (unpaired) electrons. The summed E-state index contributed by atoms with van der Waals surface area (Å²) in [5, 5.41) is 4.46. The standard InChI is InChI=1S/C17H26N4O3/c1-12(2)8-13-9-14(20(4)18-13)15(22)21-7-5-6-17(11-21)10-19(3)16(23)24-17/h9,12H,5-8,10-11H2,1-4H3. The Bertz CT molecular complexity index is 654. The summed E-state index contributed by atoms with van der Waals surface area (Å²) >= 11 is 0. The third-order valence-corrected chi connectivity index (χ3v) is 4.73. The summed E-state index contributed by atoms with van der Waals surface area (Å²) in [7, 11) is 3.54. The van der Waals surface area contributed by atoms with Gasteiger partial charge in [0.1, 0.15) is 11.3 Å². The highest BCUT2D eigenvalue weighted by atomic mass is 16.6. The SMILES string of the molecule is CC(C)Cc1cc(C(=O)N2CCCC3(CN(C)C(=O)O3)C2)n(C)n1. The van der Waals surface area contributed by atoms with E-state index in [0.29, 0.717) is 31.2 Å². The van der Waals surface area contributed by atoms with Crippen LogP contribution in [0.3, 0.4) is 0 Å². The number of carbonyl (C=O) groups excluding carboxylic acids is 2. The van der Waals surface area contributed by atoms with Crippen molar-refractivity contribution in [1.82, 2.24) is 19.6 Å². The highest BCUT2D eigenvalue weighted by Gasteiger charge is 2.47. The van der Waals surface area contributed by atoms with Gasteiger partial charge in [0.15, 0.2) is 0 Å². The molecule has 1 spiro atoms. The molecule has 1 aromatic heterocycles. The number of amides is 2. The summed E-state index contributed by atoms with van der Waals surface area (Å²) in [6.45, 7) is 5.95. The predicted octanol–water partition coefficient (Wildman–Crippen LogP) is 1.68. The van der Waals surface area contributed by atoms with Crippen LogP contribution in [0.4, 0.5) is 4.79 Å². The van der Waals surface area contributed by atoms with Gasteiger partial charge in [0, 0.05) is 20.6 Å². The molecule has 2 aliphatic heterocycles. The second-order valence-electron chi connectivity index (χ2n) is 7.48. The largest absolute Gasteiger partial charge is 0.439 e. The van der Waals surface area contributed by atoms with E-state index >= 15 is 0 Å². The van der Waals surface area contributed by atoms with Crippen LogP contribution in [-0.4, -0.2) is 63.9 Å². The molecule has 0 aliphatic carbocycles. The number of rotatable bonds is 3. The van der Waals surface area contributed by atoms with Gasteiger partial charge in [0.2, 0.25) is 0 Å². The quantitative estimate of drug-likeness (QED) is 0.843. The Balaban J connectivity index is 1.75. The van der Waals surface area contributed by atoms with Crippen LogP contribution in [0.1, 0.15) is 42.9 Å². The van der Waals surface area contributed by atoms with E-state index in [9.17, 15) is 9.59 Å². The summed E-state index contributed by atoms with van der Waals surface area (Å²) < 4.78 is 7.24. The minimum Gasteiger partial charge on any atom is -0.439 e. The molecule has 3 rings (SSSR count). The van der Waals surface area contributed by atoms with Crippen LogP contribution in [0.25, 0.3) is 0 Å². The molecule has 3 heterocycles. The van der Waals surface area contributed by atoms with Crippen molar-refractivity contribution in [2.24, 2.45) is 13.0 Å². The lowest BCUT2D eigenvalue weighted by Gasteiger charge is -2.38. The average molecular weight is 334 g/mol. The zero-order chi connectivity index (χ0) is 17.5. The van der Waals surface area contributed by atoms with Gasteiger partial charge in [-0.25, -0.2) is 4.79 Å². The summed E-state index contributed by atoms with van der Waals surface area (Å²) in [5.74, 6) is 0.458. The summed E-state index contributed by atoms with van der Waals surface area (Å²) in [4.78, 5) is 28.1. The van der Waals surface area contributed by atoms with E-state index in [1.54, 1.807) is 28.6 Å². The van der Waals surface area contributed by atoms with Gasteiger partial charge in [0.05, 0.1) is 18.8 Å². The molecule has 1 atom stereocenters. The second-order valence-corrected chi connectivity index (χ2v) is 7.48. The number of likely N-dealkylation sites (tertiary alicyclic amines) is 1. The van der Waals surface area contributed by atoms with Crippen molar-refractivity contribution in [3.8, 4) is 0 Å². The Labute approximate surface area is 142 Å². The van der Waals surface area contributed by atoms with Crippen LogP contribution in [-0.2, 0) is 18.2 Å². The molecular formula is C17H26N4O3. The first-order valence-corrected chi connectivity index (χ1v) is 8.56. The number of hydrogen-bond donors (Lipinski definition) is 0. The number of likely N-dealkylation sites (N-methyl/N-ethyl adjacent to an activating group) is 1. The summed E-state index contributed by atoms with van der Waals surface area (Å²) in [6, 6.07) is 1.89. The molecule has 1 unspecified atom stereocenters. The zero-order valence-electron chi connectivity index (χ0n) is 14.9. The topological polar surface area (TPSA) is 67.7 Å². The molecule has 2 amide bonds. The van der Waals surface area contributed by atoms with Gasteiger partial charge < -0.3 is 14.5 Å². The molecule has 0 aromatic carbocycles. The van der Waals surface area contributed by atoms with Crippen LogP contribution in [0.15, 0.2) is 6.07 Å². The van der Waals surface area contributed by atoms with E-state index in [4.69, 9.17) is 4.74 Å². The molecule has 0 bridgehead atoms. The minimum absolute atomic E-state index is 0.0373. The van der Waals surface area contributed by atoms with Gasteiger partial charge in [0.25, 0.3) is 5.91 Å². The smallest absolute Gasteiger partial charge is 0.410 e. The predicted molar refractivity (Wildman–Crippen MR) is 88.7 cm³/mol. The molecule has 2 aliphatic rings. The van der Waals surface area contributed by atoms with Crippen LogP contribution < -0.4 is 0 Å². The van der Waals surface area contributed by atoms with Gasteiger partial charge in [-0.05, 0) is 31.2 Å². The highest BCUT2D eigenvalue weighted by molar-refractivity contribution is 5.93. The van der Waals surface area contributed by atoms with Gasteiger partial charge in [-0.2, -0.15) is 5.10 Å². The first-order valence-electron chi connectivity index (χ1n) is 8.56. The number of aromatic nitrogens is 2. The zero-order valence-corrected chi connectivity index (χ0v) is 14.9. The monoisotopic (exact) mass is 334 g/mol. The van der Waals surface area contributed by atoms with Crippen molar-refractivity contribution in [2.75, 3.05) is 26.7 Å². The van der Waals surface area contributed by atoms with Crippen molar-refractivity contribution >= 4 is 12.0 Å². The van der Waals surface area contributed by atoms with Gasteiger partial charge in [-0.1, -0.05) is 13.8 Å². The Kier molecular flexibility index (Phi) is 4.27. The van der Waals surface area contributed by atoms with Crippen molar-refractivity contribution in [1.29, 1.82) is 0 Å². The Morgan fingerprint density at radius 3 is 2.75 bits per heavy atom. The van der Waals surface area contributed by atoms with E-state index in [1.807, 2.05) is 6.07 Å². The molecule has 2 fully saturated rings. The molecule has 7 nitrogen and oxygen atoms in total. The van der Waals surface area contributed by atoms with Crippen LogP contribution >= 0.6 is 0 Å². The average Bonchev–Trinajstić information content (AvgIpc) is 2.98. The first kappa shape index (κ1) is 16.8. The minimum atomic E-state index is -0.556. The van der Waals surface area contributed by atoms with Crippen LogP contribution in [0.2, 0.25) is 0 Å². The first-order chi connectivity index (χ1) is 11.3. The number of nitrogens with zero attached hydrogens (tertiary/aromatic N) is 4. The molecule has 0 N–H and O–H groups in total. The second kappa shape index (κ2) is 6.11. The fraction of sp³-hybridized carbons (Fsp3) is 0.706. The van der Waals surface area contributed by atoms with E-state index in [-0.39, 0.29) is 12.0 Å². The number of carbonyl (C=O) groups is 2. The lowest BCUT2D eigenvalue weighted by Crippen LogP contribution is -2.52. The molecular weight excluding hydrogens is 308 g/mol. The van der Waals surface area contributed by atoms with E-state index in [1.165, 1.54) is 0 Å².